The van der Waals surface area contributed by atoms with Gasteiger partial charge in [0.1, 0.15) is 0 Å². The van der Waals surface area contributed by atoms with Crippen LogP contribution in [0.15, 0.2) is 60.7 Å². The van der Waals surface area contributed by atoms with E-state index in [1.165, 1.54) is 0 Å². The molecular formula is C22H27N2OPS. The predicted molar refractivity (Wildman–Crippen MR) is 121 cm³/mol. The number of rotatable bonds is 4. The molecule has 0 radical (unpaired) electrons. The second-order valence-electron chi connectivity index (χ2n) is 7.53. The molecule has 0 aliphatic heterocycles. The van der Waals surface area contributed by atoms with Gasteiger partial charge in [-0.2, -0.15) is 0 Å². The van der Waals surface area contributed by atoms with Crippen molar-refractivity contribution >= 4 is 45.5 Å². The Labute approximate surface area is 167 Å². The van der Waals surface area contributed by atoms with Crippen molar-refractivity contribution in [2.45, 2.75) is 39.8 Å². The SMILES string of the molecule is CC(C)N(C(=O)n1c(P(C)(=S)c2ccccc2)cc2ccccc21)C(C)C. The molecule has 3 aromatic rings. The fourth-order valence-corrected chi connectivity index (χ4v) is 6.39. The molecule has 0 aliphatic rings. The Morgan fingerprint density at radius 2 is 1.52 bits per heavy atom. The normalized spacial score (nSPS) is 13.9. The Bertz CT molecular complexity index is 1000. The Balaban J connectivity index is 2.28. The van der Waals surface area contributed by atoms with E-state index in [1.807, 2.05) is 45.9 Å². The van der Waals surface area contributed by atoms with Crippen LogP contribution >= 0.6 is 6.04 Å². The van der Waals surface area contributed by atoms with Gasteiger partial charge in [0.15, 0.2) is 0 Å². The molecule has 3 nitrogen and oxygen atoms in total. The van der Waals surface area contributed by atoms with Crippen molar-refractivity contribution < 1.29 is 4.79 Å². The third-order valence-electron chi connectivity index (χ3n) is 4.90. The van der Waals surface area contributed by atoms with Crippen LogP contribution in [0.4, 0.5) is 4.79 Å². The molecule has 1 heterocycles. The fourth-order valence-electron chi connectivity index (χ4n) is 3.65. The summed E-state index contributed by atoms with van der Waals surface area (Å²) in [6.07, 6.45) is 0. The molecule has 0 saturated carbocycles. The summed E-state index contributed by atoms with van der Waals surface area (Å²) in [4.78, 5) is 15.6. The molecular weight excluding hydrogens is 371 g/mol. The topological polar surface area (TPSA) is 25.2 Å². The lowest BCUT2D eigenvalue weighted by Crippen LogP contribution is -2.46. The highest BCUT2D eigenvalue weighted by Crippen LogP contribution is 2.41. The zero-order valence-electron chi connectivity index (χ0n) is 16.6. The molecule has 0 saturated heterocycles. The van der Waals surface area contributed by atoms with Crippen LogP contribution in [0.2, 0.25) is 0 Å². The number of benzene rings is 2. The van der Waals surface area contributed by atoms with Gasteiger partial charge in [0.25, 0.3) is 0 Å². The van der Waals surface area contributed by atoms with Crippen molar-refractivity contribution in [3.05, 3.63) is 60.7 Å². The number of para-hydroxylation sites is 1. The largest absolute Gasteiger partial charge is 0.329 e. The van der Waals surface area contributed by atoms with Gasteiger partial charge in [-0.05, 0) is 51.8 Å². The van der Waals surface area contributed by atoms with Crippen LogP contribution in [0.25, 0.3) is 10.9 Å². The standard InChI is InChI=1S/C22H27N2OPS/c1-16(2)23(17(3)4)22(25)24-20-14-10-9-11-18(20)15-21(24)26(5,27)19-12-7-6-8-13-19/h6-17H,1-5H3. The summed E-state index contributed by atoms with van der Waals surface area (Å²) < 4.78 is 1.86. The maximum Gasteiger partial charge on any atom is 0.329 e. The number of fused-ring (bicyclic) bond motifs is 1. The number of aromatic nitrogens is 1. The van der Waals surface area contributed by atoms with Crippen LogP contribution in [0.3, 0.4) is 0 Å². The summed E-state index contributed by atoms with van der Waals surface area (Å²) in [5, 5.41) is 2.18. The quantitative estimate of drug-likeness (QED) is 0.591. The number of carbonyl (C=O) groups excluding carboxylic acids is 1. The second-order valence-corrected chi connectivity index (χ2v) is 12.5. The summed E-state index contributed by atoms with van der Waals surface area (Å²) in [6.45, 7) is 10.3. The smallest absolute Gasteiger partial charge is 0.319 e. The monoisotopic (exact) mass is 398 g/mol. The Morgan fingerprint density at radius 3 is 2.11 bits per heavy atom. The lowest BCUT2D eigenvalue weighted by atomic mass is 10.2. The molecule has 0 bridgehead atoms. The summed E-state index contributed by atoms with van der Waals surface area (Å²) >= 11 is 6.16. The lowest BCUT2D eigenvalue weighted by Gasteiger charge is -2.32. The number of hydrogen-bond donors (Lipinski definition) is 0. The van der Waals surface area contributed by atoms with E-state index < -0.39 is 6.04 Å². The molecule has 0 aliphatic carbocycles. The van der Waals surface area contributed by atoms with Crippen LogP contribution in [-0.4, -0.2) is 34.2 Å². The summed E-state index contributed by atoms with van der Waals surface area (Å²) in [5.41, 5.74) is 1.87. The highest BCUT2D eigenvalue weighted by molar-refractivity contribution is 8.21. The fraction of sp³-hybridized carbons (Fsp3) is 0.318. The molecule has 0 fully saturated rings. The average Bonchev–Trinajstić information content (AvgIpc) is 3.02. The molecule has 3 rings (SSSR count). The van der Waals surface area contributed by atoms with E-state index in [-0.39, 0.29) is 18.1 Å². The van der Waals surface area contributed by atoms with Gasteiger partial charge < -0.3 is 4.90 Å². The third kappa shape index (κ3) is 3.61. The number of nitrogens with zero attached hydrogens (tertiary/aromatic N) is 2. The summed E-state index contributed by atoms with van der Waals surface area (Å²) in [5.74, 6) is 0. The molecule has 1 aromatic heterocycles. The van der Waals surface area contributed by atoms with Gasteiger partial charge in [-0.1, -0.05) is 60.3 Å². The first-order valence-corrected chi connectivity index (χ1v) is 12.6. The Morgan fingerprint density at radius 1 is 0.963 bits per heavy atom. The molecule has 27 heavy (non-hydrogen) atoms. The molecule has 1 atom stereocenters. The number of amides is 1. The van der Waals surface area contributed by atoms with E-state index in [0.29, 0.717) is 0 Å². The van der Waals surface area contributed by atoms with Crippen molar-refractivity contribution in [3.63, 3.8) is 0 Å². The zero-order valence-corrected chi connectivity index (χ0v) is 18.3. The van der Waals surface area contributed by atoms with Crippen LogP contribution in [0.1, 0.15) is 27.7 Å². The van der Waals surface area contributed by atoms with E-state index in [4.69, 9.17) is 11.8 Å². The van der Waals surface area contributed by atoms with Crippen LogP contribution in [-0.2, 0) is 11.8 Å². The zero-order chi connectivity index (χ0) is 19.8. The molecule has 142 valence electrons. The number of carbonyl (C=O) groups is 1. The first-order valence-electron chi connectivity index (χ1n) is 9.32. The number of hydrogen-bond acceptors (Lipinski definition) is 2. The van der Waals surface area contributed by atoms with E-state index in [0.717, 1.165) is 21.6 Å². The van der Waals surface area contributed by atoms with Crippen LogP contribution in [0.5, 0.6) is 0 Å². The molecule has 2 aromatic carbocycles. The molecule has 1 amide bonds. The predicted octanol–water partition coefficient (Wildman–Crippen LogP) is 4.79. The maximum absolute atomic E-state index is 13.7. The minimum atomic E-state index is -2.11. The van der Waals surface area contributed by atoms with Gasteiger partial charge in [-0.3, -0.25) is 4.57 Å². The second kappa shape index (κ2) is 7.61. The summed E-state index contributed by atoms with van der Waals surface area (Å²) in [6, 6.07) is 18.5. The van der Waals surface area contributed by atoms with Crippen molar-refractivity contribution in [1.29, 1.82) is 0 Å². The van der Waals surface area contributed by atoms with Gasteiger partial charge in [0, 0.05) is 23.5 Å². The van der Waals surface area contributed by atoms with Gasteiger partial charge in [0.2, 0.25) is 0 Å². The minimum absolute atomic E-state index is 0.00297. The first kappa shape index (κ1) is 19.9. The van der Waals surface area contributed by atoms with E-state index in [9.17, 15) is 4.79 Å². The van der Waals surface area contributed by atoms with Crippen LogP contribution in [0, 0.1) is 0 Å². The highest BCUT2D eigenvalue weighted by atomic mass is 32.4. The van der Waals surface area contributed by atoms with Crippen molar-refractivity contribution in [1.82, 2.24) is 9.47 Å². The van der Waals surface area contributed by atoms with E-state index >= 15 is 0 Å². The van der Waals surface area contributed by atoms with E-state index in [2.05, 4.69) is 58.6 Å². The molecule has 5 heteroatoms. The van der Waals surface area contributed by atoms with Crippen molar-refractivity contribution in [2.24, 2.45) is 0 Å². The van der Waals surface area contributed by atoms with Gasteiger partial charge >= 0.3 is 6.03 Å². The van der Waals surface area contributed by atoms with Crippen LogP contribution < -0.4 is 10.7 Å². The minimum Gasteiger partial charge on any atom is -0.319 e. The lowest BCUT2D eigenvalue weighted by molar-refractivity contribution is 0.168. The highest BCUT2D eigenvalue weighted by Gasteiger charge is 2.29. The third-order valence-corrected chi connectivity index (χ3v) is 8.58. The average molecular weight is 399 g/mol. The van der Waals surface area contributed by atoms with Crippen molar-refractivity contribution in [2.75, 3.05) is 6.66 Å². The Kier molecular flexibility index (Phi) is 5.60. The van der Waals surface area contributed by atoms with Crippen molar-refractivity contribution in [3.8, 4) is 0 Å². The van der Waals surface area contributed by atoms with E-state index in [1.54, 1.807) is 0 Å². The Hall–Kier alpha value is -1.90. The maximum atomic E-state index is 13.7. The van der Waals surface area contributed by atoms with Gasteiger partial charge in [-0.15, -0.1) is 0 Å². The van der Waals surface area contributed by atoms with Gasteiger partial charge in [0.05, 0.1) is 11.0 Å². The van der Waals surface area contributed by atoms with Gasteiger partial charge in [-0.25, -0.2) is 4.79 Å². The first-order chi connectivity index (χ1) is 12.7. The molecule has 0 N–H and O–H groups in total. The molecule has 0 spiro atoms. The molecule has 1 unspecified atom stereocenters. The summed E-state index contributed by atoms with van der Waals surface area (Å²) in [7, 11) is 0.